The second kappa shape index (κ2) is 8.84. The number of para-hydroxylation sites is 2. The summed E-state index contributed by atoms with van der Waals surface area (Å²) >= 11 is 0. The van der Waals surface area contributed by atoms with Gasteiger partial charge in [0.05, 0.1) is 5.56 Å². The van der Waals surface area contributed by atoms with Crippen molar-refractivity contribution < 1.29 is 9.53 Å². The van der Waals surface area contributed by atoms with Crippen molar-refractivity contribution in [3.8, 4) is 17.3 Å². The highest BCUT2D eigenvalue weighted by atomic mass is 16.5. The van der Waals surface area contributed by atoms with Gasteiger partial charge in [0.25, 0.3) is 5.91 Å². The summed E-state index contributed by atoms with van der Waals surface area (Å²) in [5.41, 5.74) is 0.557. The Labute approximate surface area is 184 Å². The van der Waals surface area contributed by atoms with Crippen LogP contribution in [0.3, 0.4) is 0 Å². The van der Waals surface area contributed by atoms with Crippen molar-refractivity contribution in [2.75, 3.05) is 31.1 Å². The lowest BCUT2D eigenvalue weighted by Gasteiger charge is -2.35. The standard InChI is InChI=1S/C23H21N7O2/c31-23(19-8-4-5-9-20(19)32-18-6-2-1-3-7-18)29-14-12-28(13-15-29)21-10-11-22(27-26-21)30-17-24-16-25-30/h1-11,16-17H,12-15H2. The lowest BCUT2D eigenvalue weighted by atomic mass is 10.1. The Bertz CT molecular complexity index is 1170. The number of aromatic nitrogens is 5. The molecule has 0 spiro atoms. The number of hydrogen-bond acceptors (Lipinski definition) is 7. The van der Waals surface area contributed by atoms with Crippen LogP contribution in [0.15, 0.2) is 79.4 Å². The third-order valence-corrected chi connectivity index (χ3v) is 5.27. The van der Waals surface area contributed by atoms with E-state index in [1.54, 1.807) is 17.1 Å². The topological polar surface area (TPSA) is 89.3 Å². The number of nitrogens with zero attached hydrogens (tertiary/aromatic N) is 7. The van der Waals surface area contributed by atoms with E-state index in [0.717, 1.165) is 5.82 Å². The predicted molar refractivity (Wildman–Crippen MR) is 118 cm³/mol. The van der Waals surface area contributed by atoms with Crippen molar-refractivity contribution in [3.05, 3.63) is 84.9 Å². The number of ether oxygens (including phenoxy) is 1. The van der Waals surface area contributed by atoms with Crippen LogP contribution < -0.4 is 9.64 Å². The fraction of sp³-hybridized carbons (Fsp3) is 0.174. The summed E-state index contributed by atoms with van der Waals surface area (Å²) in [7, 11) is 0. The smallest absolute Gasteiger partial charge is 0.257 e. The molecule has 0 bridgehead atoms. The lowest BCUT2D eigenvalue weighted by molar-refractivity contribution is 0.0744. The molecule has 0 aliphatic carbocycles. The number of carbonyl (C=O) groups is 1. The molecule has 0 N–H and O–H groups in total. The van der Waals surface area contributed by atoms with Crippen molar-refractivity contribution in [1.82, 2.24) is 29.9 Å². The maximum atomic E-state index is 13.2. The lowest BCUT2D eigenvalue weighted by Crippen LogP contribution is -2.49. The average Bonchev–Trinajstić information content (AvgIpc) is 3.40. The van der Waals surface area contributed by atoms with Crippen molar-refractivity contribution in [2.24, 2.45) is 0 Å². The van der Waals surface area contributed by atoms with Crippen molar-refractivity contribution in [3.63, 3.8) is 0 Å². The molecule has 1 saturated heterocycles. The van der Waals surface area contributed by atoms with Gasteiger partial charge >= 0.3 is 0 Å². The molecule has 1 aliphatic rings. The zero-order valence-corrected chi connectivity index (χ0v) is 17.3. The molecular weight excluding hydrogens is 406 g/mol. The first-order valence-corrected chi connectivity index (χ1v) is 10.3. The minimum absolute atomic E-state index is 0.0382. The molecule has 32 heavy (non-hydrogen) atoms. The Balaban J connectivity index is 1.24. The van der Waals surface area contributed by atoms with Crippen LogP contribution >= 0.6 is 0 Å². The van der Waals surface area contributed by atoms with E-state index in [4.69, 9.17) is 4.74 Å². The summed E-state index contributed by atoms with van der Waals surface area (Å²) in [6.45, 7) is 2.52. The minimum Gasteiger partial charge on any atom is -0.457 e. The molecule has 2 aromatic heterocycles. The first-order valence-electron chi connectivity index (χ1n) is 10.3. The number of rotatable bonds is 5. The van der Waals surface area contributed by atoms with Crippen LogP contribution in [0.1, 0.15) is 10.4 Å². The van der Waals surface area contributed by atoms with Gasteiger partial charge in [0, 0.05) is 26.2 Å². The highest BCUT2D eigenvalue weighted by molar-refractivity contribution is 5.97. The summed E-state index contributed by atoms with van der Waals surface area (Å²) < 4.78 is 7.52. The van der Waals surface area contributed by atoms with Gasteiger partial charge < -0.3 is 14.5 Å². The monoisotopic (exact) mass is 427 g/mol. The quantitative estimate of drug-likeness (QED) is 0.484. The van der Waals surface area contributed by atoms with Crippen LogP contribution in [-0.2, 0) is 0 Å². The molecule has 4 aromatic rings. The van der Waals surface area contributed by atoms with E-state index in [1.165, 1.54) is 6.33 Å². The van der Waals surface area contributed by atoms with Gasteiger partial charge in [-0.1, -0.05) is 30.3 Å². The number of hydrogen-bond donors (Lipinski definition) is 0. The number of amides is 1. The van der Waals surface area contributed by atoms with Crippen LogP contribution in [-0.4, -0.2) is 61.9 Å². The van der Waals surface area contributed by atoms with Gasteiger partial charge in [-0.15, -0.1) is 10.2 Å². The Kier molecular flexibility index (Phi) is 5.44. The zero-order valence-electron chi connectivity index (χ0n) is 17.3. The molecule has 0 atom stereocenters. The summed E-state index contributed by atoms with van der Waals surface area (Å²) in [6.07, 6.45) is 3.03. The van der Waals surface area contributed by atoms with Gasteiger partial charge in [-0.25, -0.2) is 9.67 Å². The Hall–Kier alpha value is -4.27. The fourth-order valence-corrected chi connectivity index (χ4v) is 3.59. The summed E-state index contributed by atoms with van der Waals surface area (Å²) in [5.74, 6) is 2.60. The first-order chi connectivity index (χ1) is 15.8. The van der Waals surface area contributed by atoms with E-state index < -0.39 is 0 Å². The van der Waals surface area contributed by atoms with Crippen LogP contribution in [0.25, 0.3) is 5.82 Å². The molecule has 1 amide bonds. The van der Waals surface area contributed by atoms with Crippen molar-refractivity contribution in [1.29, 1.82) is 0 Å². The van der Waals surface area contributed by atoms with Crippen molar-refractivity contribution in [2.45, 2.75) is 0 Å². The highest BCUT2D eigenvalue weighted by Crippen LogP contribution is 2.26. The molecular formula is C23H21N7O2. The molecule has 0 saturated carbocycles. The van der Waals surface area contributed by atoms with Crippen LogP contribution in [0.5, 0.6) is 11.5 Å². The second-order valence-electron chi connectivity index (χ2n) is 7.28. The largest absolute Gasteiger partial charge is 0.457 e. The van der Waals surface area contributed by atoms with Gasteiger partial charge in [0.1, 0.15) is 24.2 Å². The number of benzene rings is 2. The minimum atomic E-state index is -0.0382. The molecule has 2 aromatic carbocycles. The molecule has 160 valence electrons. The normalized spacial score (nSPS) is 13.8. The SMILES string of the molecule is O=C(c1ccccc1Oc1ccccc1)N1CCN(c2ccc(-n3cncn3)nn2)CC1. The van der Waals surface area contributed by atoms with E-state index in [0.29, 0.717) is 49.1 Å². The van der Waals surface area contributed by atoms with Crippen molar-refractivity contribution >= 4 is 11.7 Å². The Morgan fingerprint density at radius 1 is 0.812 bits per heavy atom. The van der Waals surface area contributed by atoms with Gasteiger partial charge in [-0.3, -0.25) is 4.79 Å². The summed E-state index contributed by atoms with van der Waals surface area (Å²) in [5, 5.41) is 12.6. The molecule has 1 fully saturated rings. The van der Waals surface area contributed by atoms with E-state index >= 15 is 0 Å². The Morgan fingerprint density at radius 2 is 1.53 bits per heavy atom. The first kappa shape index (κ1) is 19.7. The summed E-state index contributed by atoms with van der Waals surface area (Å²) in [4.78, 5) is 21.1. The highest BCUT2D eigenvalue weighted by Gasteiger charge is 2.25. The molecule has 9 heteroatoms. The Morgan fingerprint density at radius 3 is 2.25 bits per heavy atom. The van der Waals surface area contributed by atoms with Gasteiger partial charge in [0.2, 0.25) is 0 Å². The molecule has 9 nitrogen and oxygen atoms in total. The number of carbonyl (C=O) groups excluding carboxylic acids is 1. The molecule has 0 radical (unpaired) electrons. The van der Waals surface area contributed by atoms with Gasteiger partial charge in [-0.2, -0.15) is 5.10 Å². The van der Waals surface area contributed by atoms with Crippen LogP contribution in [0.2, 0.25) is 0 Å². The van der Waals surface area contributed by atoms with Crippen LogP contribution in [0.4, 0.5) is 5.82 Å². The molecule has 3 heterocycles. The number of piperazine rings is 1. The maximum Gasteiger partial charge on any atom is 0.257 e. The third kappa shape index (κ3) is 4.13. The van der Waals surface area contributed by atoms with E-state index in [9.17, 15) is 4.79 Å². The van der Waals surface area contributed by atoms with Gasteiger partial charge in [-0.05, 0) is 36.4 Å². The average molecular weight is 427 g/mol. The van der Waals surface area contributed by atoms with E-state index in [1.807, 2.05) is 65.6 Å². The maximum absolute atomic E-state index is 13.2. The predicted octanol–water partition coefficient (Wildman–Crippen LogP) is 2.81. The van der Waals surface area contributed by atoms with Crippen LogP contribution in [0, 0.1) is 0 Å². The molecule has 1 aliphatic heterocycles. The summed E-state index contributed by atoms with van der Waals surface area (Å²) in [6, 6.07) is 20.6. The van der Waals surface area contributed by atoms with E-state index in [-0.39, 0.29) is 5.91 Å². The second-order valence-corrected chi connectivity index (χ2v) is 7.28. The molecule has 0 unspecified atom stereocenters. The van der Waals surface area contributed by atoms with Gasteiger partial charge in [0.15, 0.2) is 11.6 Å². The molecule has 5 rings (SSSR count). The fourth-order valence-electron chi connectivity index (χ4n) is 3.59. The number of anilines is 1. The third-order valence-electron chi connectivity index (χ3n) is 5.27. The zero-order chi connectivity index (χ0) is 21.8. The van der Waals surface area contributed by atoms with E-state index in [2.05, 4.69) is 25.2 Å².